The monoisotopic (exact) mass is 370 g/mol. The lowest BCUT2D eigenvalue weighted by molar-refractivity contribution is -0.132. The number of aryl methyl sites for hydroxylation is 1. The van der Waals surface area contributed by atoms with Crippen LogP contribution in [0.4, 0.5) is 0 Å². The third-order valence-corrected chi connectivity index (χ3v) is 3.53. The van der Waals surface area contributed by atoms with Gasteiger partial charge < -0.3 is 24.8 Å². The Hall–Kier alpha value is -3.74. The van der Waals surface area contributed by atoms with E-state index in [0.29, 0.717) is 28.2 Å². The van der Waals surface area contributed by atoms with Gasteiger partial charge in [0.1, 0.15) is 0 Å². The van der Waals surface area contributed by atoms with Crippen molar-refractivity contribution in [2.75, 3.05) is 7.11 Å². The summed E-state index contributed by atoms with van der Waals surface area (Å²) in [5, 5.41) is 27.7. The molecule has 27 heavy (non-hydrogen) atoms. The zero-order valence-electron chi connectivity index (χ0n) is 14.7. The molecule has 0 fully saturated rings. The van der Waals surface area contributed by atoms with Gasteiger partial charge in [-0.3, -0.25) is 0 Å². The molecule has 0 amide bonds. The number of phenols is 1. The number of benzene rings is 2. The lowest BCUT2D eigenvalue weighted by atomic mass is 10.1. The fraction of sp³-hybridized carbons (Fsp3) is 0.100. The minimum Gasteiger partial charge on any atom is -0.504 e. The highest BCUT2D eigenvalue weighted by atomic mass is 16.5. The number of aliphatic carboxylic acids is 2. The summed E-state index contributed by atoms with van der Waals surface area (Å²) in [6.45, 7) is 1.66. The van der Waals surface area contributed by atoms with Crippen molar-refractivity contribution in [3.8, 4) is 23.0 Å². The summed E-state index contributed by atoms with van der Waals surface area (Å²) in [5.41, 5.74) is 1.65. The summed E-state index contributed by atoms with van der Waals surface area (Å²) in [4.78, 5) is 21.3. The molecule has 0 aliphatic rings. The molecule has 2 rings (SSSR count). The van der Waals surface area contributed by atoms with Crippen LogP contribution in [-0.4, -0.2) is 34.4 Å². The lowest BCUT2D eigenvalue weighted by Gasteiger charge is -2.14. The number of rotatable bonds is 7. The number of methoxy groups -OCH3 is 1. The van der Waals surface area contributed by atoms with Crippen LogP contribution >= 0.6 is 0 Å². The van der Waals surface area contributed by atoms with E-state index >= 15 is 0 Å². The van der Waals surface area contributed by atoms with E-state index in [9.17, 15) is 14.7 Å². The van der Waals surface area contributed by atoms with Crippen molar-refractivity contribution >= 4 is 24.1 Å². The molecule has 2 aromatic carbocycles. The average Bonchev–Trinajstić information content (AvgIpc) is 2.62. The maximum atomic E-state index is 10.7. The van der Waals surface area contributed by atoms with E-state index in [1.807, 2.05) is 0 Å². The summed E-state index contributed by atoms with van der Waals surface area (Å²) in [6, 6.07) is 7.93. The van der Waals surface area contributed by atoms with Gasteiger partial charge in [0.05, 0.1) is 7.11 Å². The fourth-order valence-corrected chi connectivity index (χ4v) is 2.27. The standard InChI is InChI=1S/C20H18O7/c1-12-9-14(5-8-19(23)24)11-17(20(12)25)27-15-6-3-13(4-7-18(21)22)10-16(15)26-2/h3-11,25H,1-2H3,(H,21,22)(H,23,24)/b7-4+,8-5+. The number of phenolic OH excluding ortho intramolecular Hbond substituents is 1. The van der Waals surface area contributed by atoms with Crippen LogP contribution in [0.3, 0.4) is 0 Å². The maximum absolute atomic E-state index is 10.7. The van der Waals surface area contributed by atoms with E-state index in [-0.39, 0.29) is 11.5 Å². The molecule has 140 valence electrons. The third kappa shape index (κ3) is 5.37. The van der Waals surface area contributed by atoms with Crippen molar-refractivity contribution in [1.82, 2.24) is 0 Å². The highest BCUT2D eigenvalue weighted by Gasteiger charge is 2.12. The van der Waals surface area contributed by atoms with Crippen LogP contribution < -0.4 is 9.47 Å². The molecule has 0 heterocycles. The Kier molecular flexibility index (Phi) is 6.22. The molecule has 0 radical (unpaired) electrons. The van der Waals surface area contributed by atoms with Crippen LogP contribution in [0.5, 0.6) is 23.0 Å². The van der Waals surface area contributed by atoms with E-state index in [1.54, 1.807) is 31.2 Å². The summed E-state index contributed by atoms with van der Waals surface area (Å²) < 4.78 is 11.0. The average molecular weight is 370 g/mol. The van der Waals surface area contributed by atoms with E-state index in [4.69, 9.17) is 19.7 Å². The Balaban J connectivity index is 2.38. The highest BCUT2D eigenvalue weighted by molar-refractivity contribution is 5.86. The minimum absolute atomic E-state index is 0.0839. The fourth-order valence-electron chi connectivity index (χ4n) is 2.27. The molecule has 0 spiro atoms. The van der Waals surface area contributed by atoms with Crippen molar-refractivity contribution in [3.63, 3.8) is 0 Å². The van der Waals surface area contributed by atoms with Gasteiger partial charge >= 0.3 is 11.9 Å². The molecule has 0 aliphatic heterocycles. The first-order valence-corrected chi connectivity index (χ1v) is 7.81. The molecule has 2 aromatic rings. The van der Waals surface area contributed by atoms with Gasteiger partial charge in [0, 0.05) is 12.2 Å². The predicted molar refractivity (Wildman–Crippen MR) is 99.3 cm³/mol. The number of hydrogen-bond acceptors (Lipinski definition) is 5. The molecule has 0 saturated carbocycles. The van der Waals surface area contributed by atoms with Gasteiger partial charge in [-0.25, -0.2) is 9.59 Å². The summed E-state index contributed by atoms with van der Waals surface area (Å²) >= 11 is 0. The zero-order chi connectivity index (χ0) is 20.0. The molecule has 0 aliphatic carbocycles. The van der Waals surface area contributed by atoms with E-state index in [0.717, 1.165) is 12.2 Å². The molecule has 0 unspecified atom stereocenters. The van der Waals surface area contributed by atoms with Crippen molar-refractivity contribution in [2.24, 2.45) is 0 Å². The van der Waals surface area contributed by atoms with Crippen molar-refractivity contribution in [3.05, 3.63) is 59.2 Å². The number of carboxylic acid groups (broad SMARTS) is 2. The molecule has 0 atom stereocenters. The third-order valence-electron chi connectivity index (χ3n) is 3.53. The second-order valence-electron chi connectivity index (χ2n) is 5.54. The second kappa shape index (κ2) is 8.57. The first-order valence-electron chi connectivity index (χ1n) is 7.81. The van der Waals surface area contributed by atoms with Gasteiger partial charge in [0.2, 0.25) is 0 Å². The van der Waals surface area contributed by atoms with Crippen molar-refractivity contribution < 1.29 is 34.4 Å². The van der Waals surface area contributed by atoms with E-state index in [1.165, 1.54) is 25.3 Å². The molecular formula is C20H18O7. The van der Waals surface area contributed by atoms with Crippen LogP contribution in [0.2, 0.25) is 0 Å². The van der Waals surface area contributed by atoms with Crippen molar-refractivity contribution in [2.45, 2.75) is 6.92 Å². The Labute approximate surface area is 155 Å². The second-order valence-corrected chi connectivity index (χ2v) is 5.54. The number of carboxylic acids is 2. The van der Waals surface area contributed by atoms with Crippen LogP contribution in [0.15, 0.2) is 42.5 Å². The molecule has 0 aromatic heterocycles. The van der Waals surface area contributed by atoms with Crippen LogP contribution in [0.1, 0.15) is 16.7 Å². The zero-order valence-corrected chi connectivity index (χ0v) is 14.7. The molecular weight excluding hydrogens is 352 g/mol. The molecule has 7 nitrogen and oxygen atoms in total. The smallest absolute Gasteiger partial charge is 0.328 e. The van der Waals surface area contributed by atoms with Gasteiger partial charge in [-0.1, -0.05) is 6.07 Å². The van der Waals surface area contributed by atoms with E-state index < -0.39 is 11.9 Å². The number of hydrogen-bond donors (Lipinski definition) is 3. The molecule has 7 heteroatoms. The normalized spacial score (nSPS) is 11.0. The largest absolute Gasteiger partial charge is 0.504 e. The predicted octanol–water partition coefficient (Wildman–Crippen LogP) is 3.70. The van der Waals surface area contributed by atoms with Gasteiger partial charge in [-0.05, 0) is 60.0 Å². The van der Waals surface area contributed by atoms with Gasteiger partial charge in [-0.15, -0.1) is 0 Å². The Morgan fingerprint density at radius 2 is 1.48 bits per heavy atom. The molecule has 3 N–H and O–H groups in total. The molecule has 0 bridgehead atoms. The minimum atomic E-state index is -1.09. The molecule has 0 saturated heterocycles. The Morgan fingerprint density at radius 1 is 0.889 bits per heavy atom. The number of carbonyl (C=O) groups is 2. The summed E-state index contributed by atoms with van der Waals surface area (Å²) in [5.74, 6) is -1.47. The van der Waals surface area contributed by atoms with E-state index in [2.05, 4.69) is 0 Å². The topological polar surface area (TPSA) is 113 Å². The number of ether oxygens (including phenoxy) is 2. The Morgan fingerprint density at radius 3 is 2.07 bits per heavy atom. The first-order chi connectivity index (χ1) is 12.8. The highest BCUT2D eigenvalue weighted by Crippen LogP contribution is 2.39. The maximum Gasteiger partial charge on any atom is 0.328 e. The van der Waals surface area contributed by atoms with Crippen LogP contribution in [0.25, 0.3) is 12.2 Å². The Bertz CT molecular complexity index is 926. The van der Waals surface area contributed by atoms with Gasteiger partial charge in [0.25, 0.3) is 0 Å². The first kappa shape index (κ1) is 19.6. The van der Waals surface area contributed by atoms with Crippen molar-refractivity contribution in [1.29, 1.82) is 0 Å². The summed E-state index contributed by atoms with van der Waals surface area (Å²) in [6.07, 6.45) is 4.79. The summed E-state index contributed by atoms with van der Waals surface area (Å²) in [7, 11) is 1.43. The lowest BCUT2D eigenvalue weighted by Crippen LogP contribution is -1.93. The SMILES string of the molecule is COc1cc(/C=C/C(=O)O)ccc1Oc1cc(/C=C/C(=O)O)cc(C)c1O. The van der Waals surface area contributed by atoms with Gasteiger partial charge in [0.15, 0.2) is 23.0 Å². The number of aromatic hydroxyl groups is 1. The van der Waals surface area contributed by atoms with Crippen LogP contribution in [0, 0.1) is 6.92 Å². The van der Waals surface area contributed by atoms with Crippen LogP contribution in [-0.2, 0) is 9.59 Å². The quantitative estimate of drug-likeness (QED) is 0.637. The van der Waals surface area contributed by atoms with Gasteiger partial charge in [-0.2, -0.15) is 0 Å².